The number of hydrogen-bond donors (Lipinski definition) is 0. The van der Waals surface area contributed by atoms with Crippen LogP contribution in [0.15, 0.2) is 48.7 Å². The number of hydrogen-bond acceptors (Lipinski definition) is 6. The van der Waals surface area contributed by atoms with Crippen molar-refractivity contribution in [1.82, 2.24) is 24.0 Å². The fourth-order valence-corrected chi connectivity index (χ4v) is 4.19. The third-order valence-electron chi connectivity index (χ3n) is 5.22. The van der Waals surface area contributed by atoms with Crippen molar-refractivity contribution in [3.63, 3.8) is 0 Å². The highest BCUT2D eigenvalue weighted by Crippen LogP contribution is 2.29. The fourth-order valence-electron chi connectivity index (χ4n) is 3.69. The Hall–Kier alpha value is -2.26. The number of carbonyl (C=O) groups excluding carboxylic acids is 1. The lowest BCUT2D eigenvalue weighted by Gasteiger charge is -2.38. The molecule has 9 heteroatoms. The van der Waals surface area contributed by atoms with E-state index in [0.29, 0.717) is 29.6 Å². The summed E-state index contributed by atoms with van der Waals surface area (Å²) in [6, 6.07) is 12.7. The lowest BCUT2D eigenvalue weighted by Crippen LogP contribution is -2.49. The van der Waals surface area contributed by atoms with Gasteiger partial charge in [-0.2, -0.15) is 5.10 Å². The summed E-state index contributed by atoms with van der Waals surface area (Å²) in [6.45, 7) is 3.61. The Labute approximate surface area is 179 Å². The summed E-state index contributed by atoms with van der Waals surface area (Å²) < 4.78 is 9.47. The van der Waals surface area contributed by atoms with Crippen molar-refractivity contribution >= 4 is 35.4 Å². The van der Waals surface area contributed by atoms with Crippen LogP contribution in [-0.4, -0.2) is 63.2 Å². The largest absolute Gasteiger partial charge is 0.468 e. The first-order valence-electron chi connectivity index (χ1n) is 9.41. The van der Waals surface area contributed by atoms with Crippen LogP contribution in [0, 0.1) is 4.77 Å². The van der Waals surface area contributed by atoms with E-state index >= 15 is 0 Å². The van der Waals surface area contributed by atoms with Crippen LogP contribution in [0.5, 0.6) is 0 Å². The van der Waals surface area contributed by atoms with Gasteiger partial charge in [0.05, 0.1) is 13.8 Å². The molecule has 2 aromatic heterocycles. The Morgan fingerprint density at radius 2 is 1.90 bits per heavy atom. The summed E-state index contributed by atoms with van der Waals surface area (Å²) in [6.07, 6.45) is 1.92. The Morgan fingerprint density at radius 3 is 2.59 bits per heavy atom. The zero-order valence-electron chi connectivity index (χ0n) is 16.1. The van der Waals surface area contributed by atoms with E-state index < -0.39 is 6.04 Å². The number of piperazine rings is 1. The van der Waals surface area contributed by atoms with E-state index in [0.717, 1.165) is 24.3 Å². The first-order chi connectivity index (χ1) is 14.1. The molecule has 1 aliphatic heterocycles. The summed E-state index contributed by atoms with van der Waals surface area (Å²) in [7, 11) is 1.41. The highest BCUT2D eigenvalue weighted by atomic mass is 35.5. The quantitative estimate of drug-likeness (QED) is 0.457. The van der Waals surface area contributed by atoms with E-state index in [1.165, 1.54) is 7.11 Å². The van der Waals surface area contributed by atoms with Crippen molar-refractivity contribution in [2.45, 2.75) is 12.7 Å². The van der Waals surface area contributed by atoms with Crippen LogP contribution in [0.3, 0.4) is 0 Å². The molecular weight excluding hydrogens is 410 g/mol. The molecule has 7 nitrogen and oxygen atoms in total. The van der Waals surface area contributed by atoms with E-state index in [9.17, 15) is 4.79 Å². The molecule has 0 spiro atoms. The van der Waals surface area contributed by atoms with Gasteiger partial charge in [0, 0.05) is 37.4 Å². The monoisotopic (exact) mass is 431 g/mol. The second-order valence-corrected chi connectivity index (χ2v) is 7.73. The molecule has 1 aromatic carbocycles. The summed E-state index contributed by atoms with van der Waals surface area (Å²) in [5, 5.41) is 5.16. The predicted octanol–water partition coefficient (Wildman–Crippen LogP) is 3.01. The standard InChI is InChI=1S/C20H22ClN5O2S/c1-28-19(27)18(15-6-2-3-7-16(15)21)24-12-10-23(11-13-24)14-26-20(29)25-9-5-4-8-17(25)22-26/h2-9,18H,10-14H2,1H3/t18-/m1/s1. The lowest BCUT2D eigenvalue weighted by molar-refractivity contribution is -0.148. The molecule has 3 heterocycles. The highest BCUT2D eigenvalue weighted by molar-refractivity contribution is 7.71. The van der Waals surface area contributed by atoms with Crippen LogP contribution in [0.1, 0.15) is 11.6 Å². The molecule has 1 saturated heterocycles. The van der Waals surface area contributed by atoms with Gasteiger partial charge in [-0.1, -0.05) is 35.9 Å². The minimum Gasteiger partial charge on any atom is -0.468 e. The van der Waals surface area contributed by atoms with E-state index in [2.05, 4.69) is 14.9 Å². The summed E-state index contributed by atoms with van der Waals surface area (Å²) in [4.78, 5) is 16.9. The first kappa shape index (κ1) is 20.0. The van der Waals surface area contributed by atoms with Gasteiger partial charge in [-0.3, -0.25) is 14.2 Å². The van der Waals surface area contributed by atoms with Crippen molar-refractivity contribution in [2.75, 3.05) is 33.3 Å². The van der Waals surface area contributed by atoms with Crippen LogP contribution in [0.4, 0.5) is 0 Å². The molecule has 1 atom stereocenters. The highest BCUT2D eigenvalue weighted by Gasteiger charge is 2.32. The number of methoxy groups -OCH3 is 1. The number of nitrogens with zero attached hydrogens (tertiary/aromatic N) is 5. The maximum absolute atomic E-state index is 12.5. The SMILES string of the molecule is COC(=O)[C@@H](c1ccccc1Cl)N1CCN(Cn2nc3ccccn3c2=S)CC1. The first-order valence-corrected chi connectivity index (χ1v) is 10.2. The van der Waals surface area contributed by atoms with Gasteiger partial charge in [0.1, 0.15) is 6.04 Å². The average Bonchev–Trinajstić information content (AvgIpc) is 3.06. The zero-order chi connectivity index (χ0) is 20.4. The molecule has 0 unspecified atom stereocenters. The van der Waals surface area contributed by atoms with Gasteiger partial charge < -0.3 is 4.74 Å². The molecule has 1 fully saturated rings. The fraction of sp³-hybridized carbons (Fsp3) is 0.350. The third-order valence-corrected chi connectivity index (χ3v) is 5.97. The molecule has 0 saturated carbocycles. The minimum absolute atomic E-state index is 0.297. The molecule has 0 radical (unpaired) electrons. The summed E-state index contributed by atoms with van der Waals surface area (Å²) in [5.74, 6) is -0.297. The van der Waals surface area contributed by atoms with Crippen LogP contribution in [0.2, 0.25) is 5.02 Å². The zero-order valence-corrected chi connectivity index (χ0v) is 17.6. The van der Waals surface area contributed by atoms with Crippen LogP contribution < -0.4 is 0 Å². The maximum atomic E-state index is 12.5. The van der Waals surface area contributed by atoms with E-state index in [1.807, 2.05) is 51.7 Å². The molecule has 29 heavy (non-hydrogen) atoms. The number of esters is 1. The van der Waals surface area contributed by atoms with Crippen molar-refractivity contribution < 1.29 is 9.53 Å². The second-order valence-electron chi connectivity index (χ2n) is 6.95. The number of carbonyl (C=O) groups is 1. The van der Waals surface area contributed by atoms with E-state index in [-0.39, 0.29) is 5.97 Å². The van der Waals surface area contributed by atoms with Gasteiger partial charge in [-0.15, -0.1) is 0 Å². The third kappa shape index (κ3) is 4.06. The van der Waals surface area contributed by atoms with Crippen LogP contribution in [-0.2, 0) is 16.2 Å². The molecule has 1 aliphatic rings. The smallest absolute Gasteiger partial charge is 0.327 e. The molecule has 152 valence electrons. The number of halogens is 1. The average molecular weight is 432 g/mol. The van der Waals surface area contributed by atoms with Crippen LogP contribution >= 0.6 is 23.8 Å². The number of ether oxygens (including phenoxy) is 1. The van der Waals surface area contributed by atoms with Crippen molar-refractivity contribution in [3.8, 4) is 0 Å². The molecule has 4 rings (SSSR count). The Kier molecular flexibility index (Phi) is 5.96. The number of aromatic nitrogens is 3. The van der Waals surface area contributed by atoms with Crippen LogP contribution in [0.25, 0.3) is 5.65 Å². The molecule has 0 amide bonds. The Balaban J connectivity index is 1.47. The number of fused-ring (bicyclic) bond motifs is 1. The molecule has 0 bridgehead atoms. The molecular formula is C20H22ClN5O2S. The van der Waals surface area contributed by atoms with Gasteiger partial charge in [-0.25, -0.2) is 9.48 Å². The van der Waals surface area contributed by atoms with Gasteiger partial charge in [0.2, 0.25) is 4.77 Å². The minimum atomic E-state index is -0.506. The number of pyridine rings is 1. The second kappa shape index (κ2) is 8.62. The summed E-state index contributed by atoms with van der Waals surface area (Å²) >= 11 is 11.9. The van der Waals surface area contributed by atoms with Gasteiger partial charge in [0.15, 0.2) is 5.65 Å². The predicted molar refractivity (Wildman–Crippen MR) is 113 cm³/mol. The lowest BCUT2D eigenvalue weighted by atomic mass is 10.0. The van der Waals surface area contributed by atoms with E-state index in [1.54, 1.807) is 6.07 Å². The normalized spacial score (nSPS) is 16.8. The van der Waals surface area contributed by atoms with Gasteiger partial charge in [0.25, 0.3) is 0 Å². The molecule has 3 aromatic rings. The maximum Gasteiger partial charge on any atom is 0.327 e. The number of rotatable bonds is 5. The van der Waals surface area contributed by atoms with Gasteiger partial charge >= 0.3 is 5.97 Å². The van der Waals surface area contributed by atoms with Crippen molar-refractivity contribution in [2.24, 2.45) is 0 Å². The molecule has 0 aliphatic carbocycles. The van der Waals surface area contributed by atoms with Crippen molar-refractivity contribution in [3.05, 3.63) is 64.0 Å². The van der Waals surface area contributed by atoms with E-state index in [4.69, 9.17) is 28.6 Å². The van der Waals surface area contributed by atoms with Gasteiger partial charge in [-0.05, 0) is 36.0 Å². The Bertz CT molecular complexity index is 1070. The molecule has 0 N–H and O–H groups in total. The Morgan fingerprint density at radius 1 is 1.17 bits per heavy atom. The van der Waals surface area contributed by atoms with Crippen molar-refractivity contribution in [1.29, 1.82) is 0 Å². The summed E-state index contributed by atoms with van der Waals surface area (Å²) in [5.41, 5.74) is 1.61. The topological polar surface area (TPSA) is 55.0 Å². The number of benzene rings is 1.